The number of carbonyl (C=O) groups is 1. The van der Waals surface area contributed by atoms with Gasteiger partial charge in [0.1, 0.15) is 5.69 Å². The summed E-state index contributed by atoms with van der Waals surface area (Å²) in [5.74, 6) is 0.172. The zero-order valence-electron chi connectivity index (χ0n) is 11.8. The van der Waals surface area contributed by atoms with E-state index in [0.29, 0.717) is 12.2 Å². The van der Waals surface area contributed by atoms with Gasteiger partial charge >= 0.3 is 0 Å². The molecule has 0 bridgehead atoms. The minimum absolute atomic E-state index is 0.0421. The van der Waals surface area contributed by atoms with Gasteiger partial charge in [-0.1, -0.05) is 19.1 Å². The number of nitro groups is 1. The van der Waals surface area contributed by atoms with Crippen LogP contribution in [0.5, 0.6) is 0 Å². The summed E-state index contributed by atoms with van der Waals surface area (Å²) in [6.07, 6.45) is 1.90. The first-order chi connectivity index (χ1) is 9.54. The Hall–Kier alpha value is -2.11. The number of nitro benzene ring substituents is 1. The maximum absolute atomic E-state index is 12.1. The molecule has 6 nitrogen and oxygen atoms in total. The van der Waals surface area contributed by atoms with Crippen LogP contribution in [0, 0.1) is 16.0 Å². The number of nitrogens with one attached hydrogen (secondary N) is 1. The summed E-state index contributed by atoms with van der Waals surface area (Å²) in [4.78, 5) is 24.5. The molecule has 1 aliphatic heterocycles. The Balaban J connectivity index is 2.27. The summed E-state index contributed by atoms with van der Waals surface area (Å²) in [7, 11) is 1.66. The molecule has 0 aliphatic carbocycles. The monoisotopic (exact) mass is 277 g/mol. The predicted molar refractivity (Wildman–Crippen MR) is 76.5 cm³/mol. The molecule has 1 N–H and O–H groups in total. The second-order valence-corrected chi connectivity index (χ2v) is 5.12. The average molecular weight is 277 g/mol. The van der Waals surface area contributed by atoms with Crippen LogP contribution in [0.4, 0.5) is 11.4 Å². The molecule has 1 heterocycles. The predicted octanol–water partition coefficient (Wildman–Crippen LogP) is 2.40. The maximum atomic E-state index is 12.1. The minimum Gasteiger partial charge on any atom is -0.382 e. The van der Waals surface area contributed by atoms with E-state index in [1.165, 1.54) is 6.07 Å². The summed E-state index contributed by atoms with van der Waals surface area (Å²) in [5, 5.41) is 13.9. The fraction of sp³-hybridized carbons (Fsp3) is 0.500. The van der Waals surface area contributed by atoms with Gasteiger partial charge in [0.15, 0.2) is 0 Å². The van der Waals surface area contributed by atoms with Crippen molar-refractivity contribution >= 4 is 17.3 Å². The second-order valence-electron chi connectivity index (χ2n) is 5.12. The van der Waals surface area contributed by atoms with Crippen LogP contribution in [0.1, 0.15) is 25.3 Å². The molecule has 0 aromatic heterocycles. The van der Waals surface area contributed by atoms with E-state index in [9.17, 15) is 14.9 Å². The van der Waals surface area contributed by atoms with E-state index in [-0.39, 0.29) is 17.5 Å². The molecular weight excluding hydrogens is 258 g/mol. The summed E-state index contributed by atoms with van der Waals surface area (Å²) in [5.41, 5.74) is 1.31. The van der Waals surface area contributed by atoms with Crippen LogP contribution in [0.25, 0.3) is 0 Å². The topological polar surface area (TPSA) is 75.5 Å². The Bertz CT molecular complexity index is 530. The normalized spacial score (nSPS) is 19.0. The SMILES string of the molecule is CNc1c(CN2CCCC(C)C2=O)cccc1[N+](=O)[O-]. The van der Waals surface area contributed by atoms with Gasteiger partial charge in [0.2, 0.25) is 5.91 Å². The Labute approximate surface area is 117 Å². The van der Waals surface area contributed by atoms with Crippen LogP contribution in [0.3, 0.4) is 0 Å². The molecule has 20 heavy (non-hydrogen) atoms. The standard InChI is InChI=1S/C14H19N3O3/c1-10-5-4-8-16(14(10)18)9-11-6-3-7-12(17(19)20)13(11)15-2/h3,6-7,10,15H,4-5,8-9H2,1-2H3. The Morgan fingerprint density at radius 3 is 2.90 bits per heavy atom. The van der Waals surface area contributed by atoms with Crippen molar-refractivity contribution in [1.82, 2.24) is 4.90 Å². The van der Waals surface area contributed by atoms with Crippen molar-refractivity contribution in [2.45, 2.75) is 26.3 Å². The first kappa shape index (κ1) is 14.3. The second kappa shape index (κ2) is 5.90. The molecule has 1 unspecified atom stereocenters. The van der Waals surface area contributed by atoms with Crippen molar-refractivity contribution < 1.29 is 9.72 Å². The number of carbonyl (C=O) groups excluding carboxylic acids is 1. The number of benzene rings is 1. The van der Waals surface area contributed by atoms with Gasteiger partial charge in [-0.25, -0.2) is 0 Å². The van der Waals surface area contributed by atoms with Crippen molar-refractivity contribution in [3.63, 3.8) is 0 Å². The lowest BCUT2D eigenvalue weighted by atomic mass is 9.98. The van der Waals surface area contributed by atoms with E-state index in [1.807, 2.05) is 13.0 Å². The lowest BCUT2D eigenvalue weighted by Crippen LogP contribution is -2.39. The summed E-state index contributed by atoms with van der Waals surface area (Å²) in [6, 6.07) is 4.95. The highest BCUT2D eigenvalue weighted by Gasteiger charge is 2.26. The number of amides is 1. The van der Waals surface area contributed by atoms with Crippen LogP contribution < -0.4 is 5.32 Å². The first-order valence-electron chi connectivity index (χ1n) is 6.77. The molecule has 0 spiro atoms. The summed E-state index contributed by atoms with van der Waals surface area (Å²) in [6.45, 7) is 3.07. The largest absolute Gasteiger partial charge is 0.382 e. The Morgan fingerprint density at radius 1 is 1.50 bits per heavy atom. The smallest absolute Gasteiger partial charge is 0.292 e. The van der Waals surface area contributed by atoms with E-state index in [0.717, 1.165) is 24.9 Å². The van der Waals surface area contributed by atoms with Gasteiger partial charge in [-0.15, -0.1) is 0 Å². The van der Waals surface area contributed by atoms with Crippen molar-refractivity contribution in [3.8, 4) is 0 Å². The van der Waals surface area contributed by atoms with Gasteiger partial charge in [0, 0.05) is 37.7 Å². The number of hydrogen-bond donors (Lipinski definition) is 1. The van der Waals surface area contributed by atoms with Crippen LogP contribution in [-0.4, -0.2) is 29.3 Å². The number of rotatable bonds is 4. The highest BCUT2D eigenvalue weighted by atomic mass is 16.6. The zero-order valence-corrected chi connectivity index (χ0v) is 11.8. The van der Waals surface area contributed by atoms with Crippen molar-refractivity contribution in [2.75, 3.05) is 18.9 Å². The van der Waals surface area contributed by atoms with Crippen molar-refractivity contribution in [1.29, 1.82) is 0 Å². The molecule has 6 heteroatoms. The summed E-state index contributed by atoms with van der Waals surface area (Å²) < 4.78 is 0. The minimum atomic E-state index is -0.407. The van der Waals surface area contributed by atoms with Gasteiger partial charge in [-0.3, -0.25) is 14.9 Å². The van der Waals surface area contributed by atoms with E-state index in [2.05, 4.69) is 5.32 Å². The molecule has 1 aliphatic rings. The van der Waals surface area contributed by atoms with Gasteiger partial charge in [0.05, 0.1) is 4.92 Å². The van der Waals surface area contributed by atoms with Gasteiger partial charge in [0.25, 0.3) is 5.69 Å². The molecule has 0 saturated carbocycles. The fourth-order valence-corrected chi connectivity index (χ4v) is 2.66. The van der Waals surface area contributed by atoms with E-state index >= 15 is 0 Å². The molecule has 1 aromatic carbocycles. The average Bonchev–Trinajstić information content (AvgIpc) is 2.43. The third kappa shape index (κ3) is 2.74. The van der Waals surface area contributed by atoms with Gasteiger partial charge in [-0.2, -0.15) is 0 Å². The van der Waals surface area contributed by atoms with Crippen LogP contribution in [-0.2, 0) is 11.3 Å². The van der Waals surface area contributed by atoms with Crippen LogP contribution in [0.2, 0.25) is 0 Å². The lowest BCUT2D eigenvalue weighted by Gasteiger charge is -2.31. The molecular formula is C14H19N3O3. The maximum Gasteiger partial charge on any atom is 0.292 e. The van der Waals surface area contributed by atoms with Gasteiger partial charge in [-0.05, 0) is 12.8 Å². The number of nitrogens with zero attached hydrogens (tertiary/aromatic N) is 2. The molecule has 1 atom stereocenters. The molecule has 1 fully saturated rings. The number of para-hydroxylation sites is 1. The molecule has 2 rings (SSSR count). The molecule has 108 valence electrons. The number of anilines is 1. The quantitative estimate of drug-likeness (QED) is 0.677. The lowest BCUT2D eigenvalue weighted by molar-refractivity contribution is -0.384. The first-order valence-corrected chi connectivity index (χ1v) is 6.77. The van der Waals surface area contributed by atoms with Crippen LogP contribution >= 0.6 is 0 Å². The molecule has 1 amide bonds. The van der Waals surface area contributed by atoms with Crippen molar-refractivity contribution in [2.24, 2.45) is 5.92 Å². The molecule has 1 saturated heterocycles. The number of hydrogen-bond acceptors (Lipinski definition) is 4. The molecule has 1 aromatic rings. The van der Waals surface area contributed by atoms with E-state index < -0.39 is 4.92 Å². The Morgan fingerprint density at radius 2 is 2.25 bits per heavy atom. The Kier molecular flexibility index (Phi) is 4.22. The number of likely N-dealkylation sites (tertiary alicyclic amines) is 1. The van der Waals surface area contributed by atoms with Crippen LogP contribution in [0.15, 0.2) is 18.2 Å². The van der Waals surface area contributed by atoms with Crippen molar-refractivity contribution in [3.05, 3.63) is 33.9 Å². The summed E-state index contributed by atoms with van der Waals surface area (Å²) >= 11 is 0. The van der Waals surface area contributed by atoms with E-state index in [4.69, 9.17) is 0 Å². The van der Waals surface area contributed by atoms with Gasteiger partial charge < -0.3 is 10.2 Å². The highest BCUT2D eigenvalue weighted by molar-refractivity contribution is 5.79. The fourth-order valence-electron chi connectivity index (χ4n) is 2.66. The number of piperidine rings is 1. The molecule has 0 radical (unpaired) electrons. The van der Waals surface area contributed by atoms with E-state index in [1.54, 1.807) is 18.0 Å². The third-order valence-electron chi connectivity index (χ3n) is 3.74. The third-order valence-corrected chi connectivity index (χ3v) is 3.74. The highest BCUT2D eigenvalue weighted by Crippen LogP contribution is 2.30. The zero-order chi connectivity index (χ0) is 14.7.